The van der Waals surface area contributed by atoms with E-state index in [2.05, 4.69) is 0 Å². The lowest BCUT2D eigenvalue weighted by atomic mass is 9.78. The van der Waals surface area contributed by atoms with Crippen LogP contribution in [0.3, 0.4) is 0 Å². The lowest BCUT2D eigenvalue weighted by Gasteiger charge is -2.28. The summed E-state index contributed by atoms with van der Waals surface area (Å²) in [4.78, 5) is 39.0. The molecule has 204 valence electrons. The highest BCUT2D eigenvalue weighted by Gasteiger charge is 2.29. The van der Waals surface area contributed by atoms with E-state index in [-0.39, 0.29) is 52.2 Å². The topological polar surface area (TPSA) is 114 Å². The number of hydrogen-bond acceptors (Lipinski definition) is 8. The van der Waals surface area contributed by atoms with Gasteiger partial charge in [-0.2, -0.15) is 5.26 Å². The van der Waals surface area contributed by atoms with Crippen LogP contribution in [-0.2, 0) is 31.5 Å². The van der Waals surface area contributed by atoms with Crippen LogP contribution in [0.5, 0.6) is 5.75 Å². The fourth-order valence-electron chi connectivity index (χ4n) is 4.03. The van der Waals surface area contributed by atoms with Crippen LogP contribution in [0.2, 0.25) is 0 Å². The summed E-state index contributed by atoms with van der Waals surface area (Å²) >= 11 is 0.999. The molecular weight excluding hydrogens is 502 g/mol. The monoisotopic (exact) mass is 539 g/mol. The Morgan fingerprint density at radius 1 is 0.974 bits per heavy atom. The predicted octanol–water partition coefficient (Wildman–Crippen LogP) is 6.43. The van der Waals surface area contributed by atoms with Crippen LogP contribution in [0.1, 0.15) is 103 Å². The minimum Gasteiger partial charge on any atom is -0.507 e. The van der Waals surface area contributed by atoms with E-state index < -0.39 is 17.7 Å². The van der Waals surface area contributed by atoms with E-state index in [1.54, 1.807) is 32.9 Å². The lowest BCUT2D eigenvalue weighted by molar-refractivity contribution is -0.114. The number of carbonyl (C=O) groups excluding carboxylic acids is 3. The summed E-state index contributed by atoms with van der Waals surface area (Å²) < 4.78 is 10.3. The van der Waals surface area contributed by atoms with Crippen LogP contribution < -0.4 is 0 Å². The van der Waals surface area contributed by atoms with Crippen molar-refractivity contribution in [3.05, 3.63) is 55.3 Å². The number of ether oxygens (including phenoxy) is 2. The normalized spacial score (nSPS) is 12.2. The molecule has 8 heteroatoms. The molecule has 1 heterocycles. The smallest absolute Gasteiger partial charge is 0.348 e. The third kappa shape index (κ3) is 6.90. The number of carbonyl (C=O) groups is 3. The molecular formula is C30H37NO6S. The van der Waals surface area contributed by atoms with E-state index in [9.17, 15) is 24.8 Å². The van der Waals surface area contributed by atoms with E-state index in [1.807, 2.05) is 47.6 Å². The molecule has 0 atom stereocenters. The van der Waals surface area contributed by atoms with Crippen LogP contribution in [0.15, 0.2) is 17.7 Å². The zero-order valence-electron chi connectivity index (χ0n) is 23.7. The Balaban J connectivity index is 2.60. The van der Waals surface area contributed by atoms with E-state index in [1.165, 1.54) is 6.08 Å². The second-order valence-electron chi connectivity index (χ2n) is 11.0. The van der Waals surface area contributed by atoms with E-state index >= 15 is 0 Å². The second kappa shape index (κ2) is 12.0. The van der Waals surface area contributed by atoms with Crippen molar-refractivity contribution in [3.63, 3.8) is 0 Å². The molecule has 0 unspecified atom stereocenters. The first-order chi connectivity index (χ1) is 17.6. The molecule has 7 nitrogen and oxygen atoms in total. The molecule has 38 heavy (non-hydrogen) atoms. The van der Waals surface area contributed by atoms with Gasteiger partial charge < -0.3 is 14.6 Å². The molecule has 0 saturated carbocycles. The molecule has 2 rings (SSSR count). The second-order valence-corrected chi connectivity index (χ2v) is 12.1. The Kier molecular flexibility index (Phi) is 9.68. The fraction of sp³-hybridized carbons (Fsp3) is 0.467. The number of benzene rings is 1. The standard InChI is InChI=1S/C30H37NO6S/c1-10-36-27(34)24-17(3)26(28(35)37-11-2)38-23(24)15-22(32)19(16-31)12-18-13-20(29(4,5)6)25(33)21(14-18)30(7,8)9/h12-14,33H,10-11,15H2,1-9H3. The maximum Gasteiger partial charge on any atom is 0.348 e. The lowest BCUT2D eigenvalue weighted by Crippen LogP contribution is -2.17. The zero-order chi connectivity index (χ0) is 29.0. The maximum atomic E-state index is 13.3. The van der Waals surface area contributed by atoms with Crippen molar-refractivity contribution in [1.29, 1.82) is 5.26 Å². The zero-order valence-corrected chi connectivity index (χ0v) is 24.5. The van der Waals surface area contributed by atoms with Crippen LogP contribution >= 0.6 is 11.3 Å². The first-order valence-electron chi connectivity index (χ1n) is 12.6. The minimum atomic E-state index is -0.634. The first-order valence-corrected chi connectivity index (χ1v) is 13.4. The number of rotatable bonds is 8. The number of phenols is 1. The van der Waals surface area contributed by atoms with Crippen LogP contribution in [0.25, 0.3) is 6.08 Å². The molecule has 2 aromatic rings. The Bertz CT molecular complexity index is 1280. The van der Waals surface area contributed by atoms with Crippen LogP contribution in [-0.4, -0.2) is 36.0 Å². The van der Waals surface area contributed by atoms with Crippen LogP contribution in [0.4, 0.5) is 0 Å². The number of Topliss-reactive ketones (excluding diaryl/α,β-unsaturated/α-hetero) is 1. The van der Waals surface area contributed by atoms with Gasteiger partial charge in [0.05, 0.1) is 24.4 Å². The molecule has 0 amide bonds. The van der Waals surface area contributed by atoms with Gasteiger partial charge >= 0.3 is 11.9 Å². The summed E-state index contributed by atoms with van der Waals surface area (Å²) in [5.41, 5.74) is 1.71. The summed E-state index contributed by atoms with van der Waals surface area (Å²) in [6.45, 7) is 17.2. The molecule has 1 aromatic heterocycles. The summed E-state index contributed by atoms with van der Waals surface area (Å²) in [7, 11) is 0. The molecule has 0 aliphatic heterocycles. The molecule has 0 fully saturated rings. The van der Waals surface area contributed by atoms with E-state index in [4.69, 9.17) is 9.47 Å². The van der Waals surface area contributed by atoms with Crippen molar-refractivity contribution in [2.75, 3.05) is 13.2 Å². The van der Waals surface area contributed by atoms with Gasteiger partial charge in [-0.25, -0.2) is 9.59 Å². The van der Waals surface area contributed by atoms with Gasteiger partial charge in [0.1, 0.15) is 16.7 Å². The average Bonchev–Trinajstić information content (AvgIpc) is 3.12. The number of nitriles is 1. The highest BCUT2D eigenvalue weighted by molar-refractivity contribution is 7.14. The van der Waals surface area contributed by atoms with Gasteiger partial charge in [0.2, 0.25) is 0 Å². The van der Waals surface area contributed by atoms with Gasteiger partial charge in [-0.3, -0.25) is 4.79 Å². The molecule has 0 radical (unpaired) electrons. The summed E-state index contributed by atoms with van der Waals surface area (Å²) in [5.74, 6) is -1.52. The highest BCUT2D eigenvalue weighted by Crippen LogP contribution is 2.40. The molecule has 0 aliphatic rings. The number of phenolic OH excluding ortho intramolecular Hbond substituents is 1. The summed E-state index contributed by atoms with van der Waals surface area (Å²) in [6.07, 6.45) is 1.25. The number of nitrogens with zero attached hydrogens (tertiary/aromatic N) is 1. The fourth-order valence-corrected chi connectivity index (χ4v) is 5.21. The molecule has 1 aromatic carbocycles. The Labute approximate surface area is 229 Å². The third-order valence-corrected chi connectivity index (χ3v) is 7.23. The van der Waals surface area contributed by atoms with Crippen molar-refractivity contribution in [2.45, 2.75) is 79.6 Å². The number of hydrogen-bond donors (Lipinski definition) is 1. The molecule has 0 aliphatic carbocycles. The Hall–Kier alpha value is -3.44. The molecule has 0 spiro atoms. The number of allylic oxidation sites excluding steroid dienone is 1. The Morgan fingerprint density at radius 2 is 1.47 bits per heavy atom. The number of aromatic hydroxyl groups is 1. The van der Waals surface area contributed by atoms with Gasteiger partial charge in [0.15, 0.2) is 5.78 Å². The minimum absolute atomic E-state index is 0.103. The van der Waals surface area contributed by atoms with Crippen LogP contribution in [0, 0.1) is 18.3 Å². The SMILES string of the molecule is CCOC(=O)c1sc(CC(=O)C(C#N)=Cc2cc(C(C)(C)C)c(O)c(C(C)(C)C)c2)c(C(=O)OCC)c1C. The number of ketones is 1. The molecule has 0 bridgehead atoms. The van der Waals surface area contributed by atoms with Crippen molar-refractivity contribution >= 4 is 35.1 Å². The van der Waals surface area contributed by atoms with E-state index in [0.717, 1.165) is 11.3 Å². The summed E-state index contributed by atoms with van der Waals surface area (Å²) in [5, 5.41) is 20.9. The molecule has 1 N–H and O–H groups in total. The predicted molar refractivity (Wildman–Crippen MR) is 149 cm³/mol. The summed E-state index contributed by atoms with van der Waals surface area (Å²) in [6, 6.07) is 5.56. The van der Waals surface area contributed by atoms with Gasteiger partial charge in [-0.15, -0.1) is 11.3 Å². The number of esters is 2. The third-order valence-electron chi connectivity index (χ3n) is 5.96. The van der Waals surface area contributed by atoms with Crippen molar-refractivity contribution in [1.82, 2.24) is 0 Å². The maximum absolute atomic E-state index is 13.3. The van der Waals surface area contributed by atoms with Gasteiger partial charge in [0.25, 0.3) is 0 Å². The van der Waals surface area contributed by atoms with Crippen molar-refractivity contribution in [3.8, 4) is 11.8 Å². The Morgan fingerprint density at radius 3 is 1.92 bits per heavy atom. The van der Waals surface area contributed by atoms with Gasteiger partial charge in [-0.05, 0) is 60.9 Å². The number of thiophene rings is 1. The quantitative estimate of drug-likeness (QED) is 0.234. The largest absolute Gasteiger partial charge is 0.507 e. The highest BCUT2D eigenvalue weighted by atomic mass is 32.1. The first kappa shape index (κ1) is 30.8. The molecule has 0 saturated heterocycles. The van der Waals surface area contributed by atoms with Gasteiger partial charge in [0, 0.05) is 22.4 Å². The van der Waals surface area contributed by atoms with E-state index in [0.29, 0.717) is 27.1 Å². The van der Waals surface area contributed by atoms with Gasteiger partial charge in [-0.1, -0.05) is 41.5 Å². The van der Waals surface area contributed by atoms with Crippen molar-refractivity contribution in [2.24, 2.45) is 0 Å². The average molecular weight is 540 g/mol. The van der Waals surface area contributed by atoms with Crippen molar-refractivity contribution < 1.29 is 29.0 Å².